The lowest BCUT2D eigenvalue weighted by Gasteiger charge is -1.85. The Bertz CT molecular complexity index is 343. The van der Waals surface area contributed by atoms with E-state index >= 15 is 0 Å². The van der Waals surface area contributed by atoms with Crippen LogP contribution in [0.2, 0.25) is 0 Å². The number of nitro groups is 1. The van der Waals surface area contributed by atoms with Crippen LogP contribution in [-0.4, -0.2) is 16.0 Å². The Morgan fingerprint density at radius 3 is 2.58 bits per heavy atom. The number of thiophene rings is 1. The van der Waals surface area contributed by atoms with Gasteiger partial charge in [-0.1, -0.05) is 11.3 Å². The molecule has 0 aromatic carbocycles. The minimum Gasteiger partial charge on any atom is -0.477 e. The largest absolute Gasteiger partial charge is 0.477 e. The zero-order valence-electron chi connectivity index (χ0n) is 6.10. The Balaban J connectivity index is 3.17. The van der Waals surface area contributed by atoms with Crippen LogP contribution in [0.15, 0.2) is 6.07 Å². The van der Waals surface area contributed by atoms with Gasteiger partial charge in [0.05, 0.1) is 4.92 Å². The van der Waals surface area contributed by atoms with Gasteiger partial charge >= 0.3 is 11.0 Å². The first-order chi connectivity index (χ1) is 5.52. The van der Waals surface area contributed by atoms with Gasteiger partial charge in [-0.3, -0.25) is 10.1 Å². The zero-order valence-corrected chi connectivity index (χ0v) is 6.92. The van der Waals surface area contributed by atoms with Crippen molar-refractivity contribution in [1.82, 2.24) is 0 Å². The highest BCUT2D eigenvalue weighted by Gasteiger charge is 2.18. The highest BCUT2D eigenvalue weighted by molar-refractivity contribution is 7.17. The van der Waals surface area contributed by atoms with Gasteiger partial charge in [0.15, 0.2) is 0 Å². The maximum atomic E-state index is 10.4. The first-order valence-electron chi connectivity index (χ1n) is 3.00. The lowest BCUT2D eigenvalue weighted by Crippen LogP contribution is -1.93. The minimum atomic E-state index is -1.12. The topological polar surface area (TPSA) is 80.4 Å². The Kier molecular flexibility index (Phi) is 2.09. The molecule has 1 aromatic rings. The van der Waals surface area contributed by atoms with Crippen LogP contribution in [0.25, 0.3) is 0 Å². The second-order valence-electron chi connectivity index (χ2n) is 2.16. The molecule has 0 saturated carbocycles. The number of carbonyl (C=O) groups is 1. The van der Waals surface area contributed by atoms with Crippen LogP contribution in [0.1, 0.15) is 15.2 Å². The number of hydrogen-bond acceptors (Lipinski definition) is 4. The molecule has 12 heavy (non-hydrogen) atoms. The van der Waals surface area contributed by atoms with Crippen molar-refractivity contribution in [3.8, 4) is 0 Å². The van der Waals surface area contributed by atoms with Crippen molar-refractivity contribution in [3.05, 3.63) is 26.6 Å². The second-order valence-corrected chi connectivity index (χ2v) is 3.19. The normalized spacial score (nSPS) is 9.75. The predicted octanol–water partition coefficient (Wildman–Crippen LogP) is 1.66. The number of hydrogen-bond donors (Lipinski definition) is 1. The molecule has 0 saturated heterocycles. The molecule has 0 unspecified atom stereocenters. The number of nitrogens with zero attached hydrogens (tertiary/aromatic N) is 1. The number of aryl methyl sites for hydroxylation is 1. The van der Waals surface area contributed by atoms with Gasteiger partial charge < -0.3 is 5.11 Å². The van der Waals surface area contributed by atoms with Crippen LogP contribution in [0.5, 0.6) is 0 Å². The average molecular weight is 187 g/mol. The van der Waals surface area contributed by atoms with Gasteiger partial charge in [0.25, 0.3) is 0 Å². The Morgan fingerprint density at radius 2 is 2.33 bits per heavy atom. The minimum absolute atomic E-state index is 0.0294. The molecule has 0 aliphatic rings. The summed E-state index contributed by atoms with van der Waals surface area (Å²) in [5, 5.41) is 18.6. The van der Waals surface area contributed by atoms with E-state index in [4.69, 9.17) is 5.11 Å². The summed E-state index contributed by atoms with van der Waals surface area (Å²) in [7, 11) is 0. The summed E-state index contributed by atoms with van der Waals surface area (Å²) in [4.78, 5) is 20.1. The van der Waals surface area contributed by atoms with E-state index in [1.807, 2.05) is 0 Å². The monoisotopic (exact) mass is 187 g/mol. The summed E-state index contributed by atoms with van der Waals surface area (Å²) in [5.41, 5.74) is 0.430. The number of carboxylic acid groups (broad SMARTS) is 1. The third-order valence-electron chi connectivity index (χ3n) is 1.28. The van der Waals surface area contributed by atoms with Crippen molar-refractivity contribution in [2.75, 3.05) is 0 Å². The van der Waals surface area contributed by atoms with Gasteiger partial charge in [0, 0.05) is 6.07 Å². The molecular formula is C6H5NO4S. The quantitative estimate of drug-likeness (QED) is 0.564. The molecular weight excluding hydrogens is 182 g/mol. The molecule has 0 spiro atoms. The van der Waals surface area contributed by atoms with Crippen molar-refractivity contribution in [2.24, 2.45) is 0 Å². The van der Waals surface area contributed by atoms with Crippen LogP contribution in [0, 0.1) is 17.0 Å². The first kappa shape index (κ1) is 8.66. The van der Waals surface area contributed by atoms with E-state index in [1.54, 1.807) is 0 Å². The molecule has 0 radical (unpaired) electrons. The van der Waals surface area contributed by atoms with Crippen LogP contribution in [0.4, 0.5) is 5.00 Å². The fourth-order valence-corrected chi connectivity index (χ4v) is 1.59. The molecule has 0 aliphatic carbocycles. The van der Waals surface area contributed by atoms with Crippen LogP contribution >= 0.6 is 11.3 Å². The summed E-state index contributed by atoms with van der Waals surface area (Å²) in [6.45, 7) is 1.53. The van der Waals surface area contributed by atoms with Crippen LogP contribution in [-0.2, 0) is 0 Å². The Hall–Kier alpha value is -1.43. The van der Waals surface area contributed by atoms with Crippen molar-refractivity contribution in [2.45, 2.75) is 6.92 Å². The molecule has 0 fully saturated rings. The van der Waals surface area contributed by atoms with E-state index in [0.29, 0.717) is 16.9 Å². The molecule has 0 amide bonds. The second kappa shape index (κ2) is 2.90. The van der Waals surface area contributed by atoms with Crippen molar-refractivity contribution < 1.29 is 14.8 Å². The van der Waals surface area contributed by atoms with Crippen LogP contribution in [0.3, 0.4) is 0 Å². The average Bonchev–Trinajstić information content (AvgIpc) is 2.30. The highest BCUT2D eigenvalue weighted by Crippen LogP contribution is 2.27. The summed E-state index contributed by atoms with van der Waals surface area (Å²) in [6.07, 6.45) is 0. The lowest BCUT2D eigenvalue weighted by atomic mass is 10.3. The van der Waals surface area contributed by atoms with E-state index in [1.165, 1.54) is 13.0 Å². The lowest BCUT2D eigenvalue weighted by molar-refractivity contribution is -0.380. The summed E-state index contributed by atoms with van der Waals surface area (Å²) < 4.78 is 0. The molecule has 0 atom stereocenters. The van der Waals surface area contributed by atoms with E-state index in [0.717, 1.165) is 0 Å². The SMILES string of the molecule is Cc1cc([N+](=O)[O-])sc1C(=O)O. The van der Waals surface area contributed by atoms with Gasteiger partial charge in [0.2, 0.25) is 0 Å². The number of aromatic carboxylic acids is 1. The summed E-state index contributed by atoms with van der Waals surface area (Å²) >= 11 is 0.677. The van der Waals surface area contributed by atoms with Gasteiger partial charge in [-0.25, -0.2) is 4.79 Å². The molecule has 6 heteroatoms. The summed E-state index contributed by atoms with van der Waals surface area (Å²) in [6, 6.07) is 1.26. The van der Waals surface area contributed by atoms with Gasteiger partial charge in [-0.2, -0.15) is 0 Å². The molecule has 1 heterocycles. The van der Waals surface area contributed by atoms with E-state index < -0.39 is 10.9 Å². The smallest absolute Gasteiger partial charge is 0.346 e. The van der Waals surface area contributed by atoms with E-state index in [-0.39, 0.29) is 9.88 Å². The van der Waals surface area contributed by atoms with Crippen LogP contribution < -0.4 is 0 Å². The molecule has 0 aliphatic heterocycles. The summed E-state index contributed by atoms with van der Waals surface area (Å²) in [5.74, 6) is -1.12. The number of carboxylic acids is 1. The molecule has 1 aromatic heterocycles. The fraction of sp³-hybridized carbons (Fsp3) is 0.167. The maximum absolute atomic E-state index is 10.4. The maximum Gasteiger partial charge on any atom is 0.346 e. The fourth-order valence-electron chi connectivity index (χ4n) is 0.768. The van der Waals surface area contributed by atoms with Gasteiger partial charge in [-0.05, 0) is 12.5 Å². The molecule has 5 nitrogen and oxygen atoms in total. The molecule has 0 bridgehead atoms. The van der Waals surface area contributed by atoms with Gasteiger partial charge in [-0.15, -0.1) is 0 Å². The predicted molar refractivity (Wildman–Crippen MR) is 42.7 cm³/mol. The first-order valence-corrected chi connectivity index (χ1v) is 3.82. The molecule has 1 rings (SSSR count). The third-order valence-corrected chi connectivity index (χ3v) is 2.46. The molecule has 1 N–H and O–H groups in total. The zero-order chi connectivity index (χ0) is 9.30. The molecule has 64 valence electrons. The highest BCUT2D eigenvalue weighted by atomic mass is 32.1. The Morgan fingerprint density at radius 1 is 1.75 bits per heavy atom. The van der Waals surface area contributed by atoms with Crippen molar-refractivity contribution in [1.29, 1.82) is 0 Å². The third kappa shape index (κ3) is 1.42. The van der Waals surface area contributed by atoms with Crippen molar-refractivity contribution >= 4 is 22.3 Å². The van der Waals surface area contributed by atoms with E-state index in [2.05, 4.69) is 0 Å². The Labute approximate surface area is 71.4 Å². The van der Waals surface area contributed by atoms with E-state index in [9.17, 15) is 14.9 Å². The number of rotatable bonds is 2. The van der Waals surface area contributed by atoms with Crippen molar-refractivity contribution in [3.63, 3.8) is 0 Å². The van der Waals surface area contributed by atoms with Gasteiger partial charge in [0.1, 0.15) is 4.88 Å². The standard InChI is InChI=1S/C6H5NO4S/c1-3-2-4(7(10)11)12-5(3)6(8)9/h2H,1H3,(H,8,9).